The van der Waals surface area contributed by atoms with E-state index in [9.17, 15) is 0 Å². The molecule has 0 aliphatic carbocycles. The molecule has 110 valence electrons. The summed E-state index contributed by atoms with van der Waals surface area (Å²) in [4.78, 5) is 10.5. The van der Waals surface area contributed by atoms with Gasteiger partial charge < -0.3 is 14.4 Å². The van der Waals surface area contributed by atoms with Crippen LogP contribution in [0.25, 0.3) is 0 Å². The smallest absolute Gasteiger partial charge is 0.218 e. The summed E-state index contributed by atoms with van der Waals surface area (Å²) in [5.41, 5.74) is 1.12. The predicted molar refractivity (Wildman–Crippen MR) is 80.9 cm³/mol. The van der Waals surface area contributed by atoms with Gasteiger partial charge in [0.15, 0.2) is 0 Å². The molecule has 6 heteroatoms. The number of aromatic nitrogens is 2. The lowest BCUT2D eigenvalue weighted by atomic mass is 10.1. The highest BCUT2D eigenvalue weighted by Gasteiger charge is 2.23. The fourth-order valence-electron chi connectivity index (χ4n) is 2.35. The summed E-state index contributed by atoms with van der Waals surface area (Å²) in [7, 11) is 1.60. The van der Waals surface area contributed by atoms with E-state index in [4.69, 9.17) is 21.1 Å². The lowest BCUT2D eigenvalue weighted by molar-refractivity contribution is 0.0395. The van der Waals surface area contributed by atoms with E-state index in [1.807, 2.05) is 30.3 Å². The molecule has 1 atom stereocenters. The van der Waals surface area contributed by atoms with Gasteiger partial charge >= 0.3 is 0 Å². The lowest BCUT2D eigenvalue weighted by Crippen LogP contribution is -2.38. The van der Waals surface area contributed by atoms with Crippen LogP contribution in [-0.2, 0) is 4.74 Å². The average Bonchev–Trinajstić information content (AvgIpc) is 2.56. The Morgan fingerprint density at radius 2 is 2.10 bits per heavy atom. The molecule has 0 N–H and O–H groups in total. The number of benzene rings is 1. The SMILES string of the molecule is COc1cc(N2CCO[C@H](c3ccc(Cl)cc3)C2)ncn1. The molecule has 0 radical (unpaired) electrons. The molecule has 0 spiro atoms. The minimum atomic E-state index is 0.0111. The van der Waals surface area contributed by atoms with Gasteiger partial charge in [-0.1, -0.05) is 23.7 Å². The van der Waals surface area contributed by atoms with Crippen LogP contribution >= 0.6 is 11.6 Å². The Morgan fingerprint density at radius 1 is 1.29 bits per heavy atom. The number of rotatable bonds is 3. The van der Waals surface area contributed by atoms with Gasteiger partial charge in [-0.25, -0.2) is 9.97 Å². The lowest BCUT2D eigenvalue weighted by Gasteiger charge is -2.34. The van der Waals surface area contributed by atoms with Gasteiger partial charge in [-0.15, -0.1) is 0 Å². The van der Waals surface area contributed by atoms with Gasteiger partial charge in [-0.05, 0) is 17.7 Å². The van der Waals surface area contributed by atoms with Gasteiger partial charge in [0.1, 0.15) is 18.2 Å². The van der Waals surface area contributed by atoms with Crippen LogP contribution in [0.1, 0.15) is 11.7 Å². The Balaban J connectivity index is 1.77. The maximum absolute atomic E-state index is 5.93. The van der Waals surface area contributed by atoms with E-state index in [1.54, 1.807) is 7.11 Å². The summed E-state index contributed by atoms with van der Waals surface area (Å²) in [6, 6.07) is 9.60. The average molecular weight is 306 g/mol. The van der Waals surface area contributed by atoms with Crippen LogP contribution in [0.4, 0.5) is 5.82 Å². The summed E-state index contributed by atoms with van der Waals surface area (Å²) < 4.78 is 11.0. The molecule has 1 aromatic heterocycles. The minimum absolute atomic E-state index is 0.0111. The molecule has 0 unspecified atom stereocenters. The van der Waals surface area contributed by atoms with Crippen LogP contribution in [0.15, 0.2) is 36.7 Å². The fourth-order valence-corrected chi connectivity index (χ4v) is 2.48. The third-order valence-corrected chi connectivity index (χ3v) is 3.72. The standard InChI is InChI=1S/C15H16ClN3O2/c1-20-15-8-14(17-10-18-15)19-6-7-21-13(9-19)11-2-4-12(16)5-3-11/h2-5,8,10,13H,6-7,9H2,1H3/t13-/m0/s1. The van der Waals surface area contributed by atoms with Crippen LogP contribution < -0.4 is 9.64 Å². The Hall–Kier alpha value is -1.85. The van der Waals surface area contributed by atoms with Crippen molar-refractivity contribution in [3.05, 3.63) is 47.2 Å². The third kappa shape index (κ3) is 3.25. The number of morpholine rings is 1. The van der Waals surface area contributed by atoms with Crippen molar-refractivity contribution in [2.75, 3.05) is 31.7 Å². The van der Waals surface area contributed by atoms with E-state index < -0.39 is 0 Å². The van der Waals surface area contributed by atoms with Crippen molar-refractivity contribution in [3.8, 4) is 5.88 Å². The highest BCUT2D eigenvalue weighted by atomic mass is 35.5. The zero-order valence-electron chi connectivity index (χ0n) is 11.7. The van der Waals surface area contributed by atoms with Gasteiger partial charge in [-0.3, -0.25) is 0 Å². The molecular weight excluding hydrogens is 290 g/mol. The molecular formula is C15H16ClN3O2. The summed E-state index contributed by atoms with van der Waals surface area (Å²) in [6.45, 7) is 2.19. The van der Waals surface area contributed by atoms with Gasteiger partial charge in [0.25, 0.3) is 0 Å². The van der Waals surface area contributed by atoms with Crippen molar-refractivity contribution < 1.29 is 9.47 Å². The Bertz CT molecular complexity index is 606. The van der Waals surface area contributed by atoms with Crippen molar-refractivity contribution in [1.82, 2.24) is 9.97 Å². The highest BCUT2D eigenvalue weighted by molar-refractivity contribution is 6.30. The number of hydrogen-bond donors (Lipinski definition) is 0. The first-order valence-corrected chi connectivity index (χ1v) is 7.12. The first-order chi connectivity index (χ1) is 10.3. The van der Waals surface area contributed by atoms with Gasteiger partial charge in [0.05, 0.1) is 13.7 Å². The van der Waals surface area contributed by atoms with E-state index >= 15 is 0 Å². The van der Waals surface area contributed by atoms with Crippen molar-refractivity contribution in [2.24, 2.45) is 0 Å². The van der Waals surface area contributed by atoms with Crippen LogP contribution in [0.2, 0.25) is 5.02 Å². The van der Waals surface area contributed by atoms with Crippen molar-refractivity contribution in [3.63, 3.8) is 0 Å². The normalized spacial score (nSPS) is 18.6. The molecule has 5 nitrogen and oxygen atoms in total. The quantitative estimate of drug-likeness (QED) is 0.872. The summed E-state index contributed by atoms with van der Waals surface area (Å²) >= 11 is 5.93. The molecule has 1 saturated heterocycles. The van der Waals surface area contributed by atoms with E-state index in [0.717, 1.165) is 29.5 Å². The monoisotopic (exact) mass is 305 g/mol. The van der Waals surface area contributed by atoms with Crippen LogP contribution in [0.3, 0.4) is 0 Å². The summed E-state index contributed by atoms with van der Waals surface area (Å²) in [5.74, 6) is 1.42. The topological polar surface area (TPSA) is 47.5 Å². The molecule has 3 rings (SSSR count). The van der Waals surface area contributed by atoms with E-state index in [-0.39, 0.29) is 6.10 Å². The maximum atomic E-state index is 5.93. The Labute approximate surface area is 128 Å². The fraction of sp³-hybridized carbons (Fsp3) is 0.333. The third-order valence-electron chi connectivity index (χ3n) is 3.47. The summed E-state index contributed by atoms with van der Waals surface area (Å²) in [5, 5.41) is 0.729. The first-order valence-electron chi connectivity index (χ1n) is 6.74. The second-order valence-electron chi connectivity index (χ2n) is 4.78. The largest absolute Gasteiger partial charge is 0.481 e. The van der Waals surface area contributed by atoms with E-state index in [0.29, 0.717) is 12.5 Å². The van der Waals surface area contributed by atoms with E-state index in [2.05, 4.69) is 14.9 Å². The first kappa shape index (κ1) is 14.1. The molecule has 2 heterocycles. The second kappa shape index (κ2) is 6.28. The molecule has 1 aromatic carbocycles. The minimum Gasteiger partial charge on any atom is -0.481 e. The number of hydrogen-bond acceptors (Lipinski definition) is 5. The molecule has 0 bridgehead atoms. The van der Waals surface area contributed by atoms with Crippen LogP contribution in [0, 0.1) is 0 Å². The number of anilines is 1. The number of nitrogens with zero attached hydrogens (tertiary/aromatic N) is 3. The molecule has 1 aliphatic rings. The second-order valence-corrected chi connectivity index (χ2v) is 5.21. The molecule has 2 aromatic rings. The van der Waals surface area contributed by atoms with E-state index in [1.165, 1.54) is 6.33 Å². The Kier molecular flexibility index (Phi) is 4.22. The molecule has 21 heavy (non-hydrogen) atoms. The molecule has 1 fully saturated rings. The molecule has 0 amide bonds. The number of halogens is 1. The van der Waals surface area contributed by atoms with Gasteiger partial charge in [0.2, 0.25) is 5.88 Å². The zero-order chi connectivity index (χ0) is 14.7. The van der Waals surface area contributed by atoms with Gasteiger partial charge in [-0.2, -0.15) is 0 Å². The van der Waals surface area contributed by atoms with Gasteiger partial charge in [0, 0.05) is 24.2 Å². The predicted octanol–water partition coefficient (Wildman–Crippen LogP) is 2.72. The zero-order valence-corrected chi connectivity index (χ0v) is 12.5. The van der Waals surface area contributed by atoms with Crippen molar-refractivity contribution >= 4 is 17.4 Å². The highest BCUT2D eigenvalue weighted by Crippen LogP contribution is 2.26. The van der Waals surface area contributed by atoms with Crippen molar-refractivity contribution in [1.29, 1.82) is 0 Å². The molecule has 0 saturated carbocycles. The number of ether oxygens (including phenoxy) is 2. The number of methoxy groups -OCH3 is 1. The molecule has 1 aliphatic heterocycles. The van der Waals surface area contributed by atoms with Crippen LogP contribution in [0.5, 0.6) is 5.88 Å². The van der Waals surface area contributed by atoms with Crippen LogP contribution in [-0.4, -0.2) is 36.8 Å². The maximum Gasteiger partial charge on any atom is 0.218 e. The Morgan fingerprint density at radius 3 is 2.86 bits per heavy atom. The summed E-state index contributed by atoms with van der Waals surface area (Å²) in [6.07, 6.45) is 1.53. The van der Waals surface area contributed by atoms with Crippen molar-refractivity contribution in [2.45, 2.75) is 6.10 Å².